The van der Waals surface area contributed by atoms with Gasteiger partial charge < -0.3 is 10.1 Å². The smallest absolute Gasteiger partial charge is 0.591 e. The zero-order valence-electron chi connectivity index (χ0n) is 18.5. The molecule has 0 bridgehead atoms. The molecule has 0 aliphatic heterocycles. The van der Waals surface area contributed by atoms with E-state index in [1.54, 1.807) is 19.1 Å². The molecule has 0 aliphatic rings. The van der Waals surface area contributed by atoms with Crippen LogP contribution in [0.1, 0.15) is 12.5 Å². The van der Waals surface area contributed by atoms with Crippen LogP contribution >= 0.6 is 0 Å². The number of nitrogens with zero attached hydrogens (tertiary/aromatic N) is 1. The molecule has 2 radical (unpaired) electrons. The van der Waals surface area contributed by atoms with Crippen molar-refractivity contribution < 1.29 is 45.5 Å². The standard InChI is InChI=1S/C17H17NO2.C8H11Si.Cu.Li/c1-14(12-13-15-8-4-2-5-9-15)20-17(19)18-16-10-6-3-7-11-16;1-9(2)8-6-4-3-5-7-8;;/h2-14H,1H3,(H,18,19);3-7H,1-2H3;;/q;;;+1/p-1/b13-12+;;;. The molecule has 0 saturated carbocycles. The van der Waals surface area contributed by atoms with E-state index >= 15 is 0 Å². The van der Waals surface area contributed by atoms with Gasteiger partial charge in [0, 0.05) is 17.1 Å². The van der Waals surface area contributed by atoms with Gasteiger partial charge in [-0.3, -0.25) is 4.79 Å². The maximum Gasteiger partial charge on any atom is 1.00 e. The molecule has 0 spiro atoms. The number of benzene rings is 3. The summed E-state index contributed by atoms with van der Waals surface area (Å²) in [6.45, 7) is 6.41. The van der Waals surface area contributed by atoms with Crippen LogP contribution in [0.15, 0.2) is 97.1 Å². The first kappa shape index (κ1) is 29.0. The number of ether oxygens (including phenoxy) is 1. The maximum atomic E-state index is 11.6. The Bertz CT molecular complexity index is 878. The summed E-state index contributed by atoms with van der Waals surface area (Å²) in [6.07, 6.45) is 2.84. The summed E-state index contributed by atoms with van der Waals surface area (Å²) in [4.78, 5) is 11.6. The van der Waals surface area contributed by atoms with Crippen LogP contribution in [-0.2, 0) is 21.8 Å². The fourth-order valence-electron chi connectivity index (χ4n) is 2.41. The average Bonchev–Trinajstić information content (AvgIpc) is 2.75. The Balaban J connectivity index is 0.000000695. The minimum absolute atomic E-state index is 0. The van der Waals surface area contributed by atoms with E-state index < -0.39 is 6.09 Å². The van der Waals surface area contributed by atoms with E-state index in [-0.39, 0.29) is 50.8 Å². The molecule has 0 fully saturated rings. The number of rotatable bonds is 5. The van der Waals surface area contributed by atoms with Crippen molar-refractivity contribution in [2.75, 3.05) is 0 Å². The van der Waals surface area contributed by atoms with Crippen molar-refractivity contribution in [2.24, 2.45) is 0 Å². The molecule has 1 unspecified atom stereocenters. The van der Waals surface area contributed by atoms with Gasteiger partial charge >= 0.3 is 18.9 Å². The molecule has 1 atom stereocenters. The SMILES string of the molecule is CC(/C=C/c1ccccc1)OC(=O)[N-]c1ccccc1.C[Si](C)c1ccccc1.[Cu].[Li+]. The first-order valence-electron chi connectivity index (χ1n) is 9.61. The van der Waals surface area contributed by atoms with Crippen molar-refractivity contribution in [2.45, 2.75) is 26.1 Å². The van der Waals surface area contributed by atoms with E-state index in [0.29, 0.717) is 5.69 Å². The van der Waals surface area contributed by atoms with Crippen molar-refractivity contribution in [1.82, 2.24) is 0 Å². The molecule has 31 heavy (non-hydrogen) atoms. The van der Waals surface area contributed by atoms with Crippen molar-refractivity contribution in [3.05, 3.63) is 108 Å². The minimum Gasteiger partial charge on any atom is -0.591 e. The quantitative estimate of drug-likeness (QED) is 0.533. The van der Waals surface area contributed by atoms with Crippen LogP contribution in [0.5, 0.6) is 0 Å². The first-order valence-corrected chi connectivity index (χ1v) is 12.1. The van der Waals surface area contributed by atoms with Crippen LogP contribution in [0.4, 0.5) is 10.5 Å². The number of carbonyl (C=O) groups excluding carboxylic acids is 1. The van der Waals surface area contributed by atoms with Crippen LogP contribution in [0, 0.1) is 0 Å². The molecule has 160 valence electrons. The van der Waals surface area contributed by atoms with E-state index in [1.807, 2.05) is 60.7 Å². The van der Waals surface area contributed by atoms with Crippen molar-refractivity contribution in [3.8, 4) is 0 Å². The number of hydrogen-bond acceptors (Lipinski definition) is 2. The van der Waals surface area contributed by atoms with Gasteiger partial charge in [0.15, 0.2) is 0 Å². The van der Waals surface area contributed by atoms with E-state index in [1.165, 1.54) is 5.19 Å². The third-order valence-electron chi connectivity index (χ3n) is 3.97. The van der Waals surface area contributed by atoms with Crippen LogP contribution in [0.25, 0.3) is 11.4 Å². The van der Waals surface area contributed by atoms with Crippen molar-refractivity contribution >= 4 is 31.8 Å². The molecule has 0 aliphatic carbocycles. The van der Waals surface area contributed by atoms with E-state index in [2.05, 4.69) is 48.7 Å². The molecule has 3 nitrogen and oxygen atoms in total. The van der Waals surface area contributed by atoms with E-state index in [0.717, 1.165) is 5.56 Å². The summed E-state index contributed by atoms with van der Waals surface area (Å²) >= 11 is 0. The van der Waals surface area contributed by atoms with Gasteiger partial charge in [0.2, 0.25) is 6.09 Å². The predicted molar refractivity (Wildman–Crippen MR) is 124 cm³/mol. The zero-order chi connectivity index (χ0) is 20.9. The van der Waals surface area contributed by atoms with Gasteiger partial charge in [-0.15, -0.1) is 5.69 Å². The van der Waals surface area contributed by atoms with Crippen molar-refractivity contribution in [1.29, 1.82) is 0 Å². The van der Waals surface area contributed by atoms with Crippen LogP contribution in [0.3, 0.4) is 0 Å². The third kappa shape index (κ3) is 12.4. The number of para-hydroxylation sites is 1. The van der Waals surface area contributed by atoms with Gasteiger partial charge in [-0.25, -0.2) is 0 Å². The summed E-state index contributed by atoms with van der Waals surface area (Å²) in [7, 11) is -0.212. The summed E-state index contributed by atoms with van der Waals surface area (Å²) in [5.74, 6) is 0. The molecular formula is C25H27CuLiNO2Si. The summed E-state index contributed by atoms with van der Waals surface area (Å²) in [5, 5.41) is 5.38. The Kier molecular flexibility index (Phi) is 15.6. The number of hydrogen-bond donors (Lipinski definition) is 0. The van der Waals surface area contributed by atoms with Gasteiger partial charge in [-0.05, 0) is 18.6 Å². The van der Waals surface area contributed by atoms with Crippen LogP contribution in [-0.4, -0.2) is 21.0 Å². The fourth-order valence-corrected chi connectivity index (χ4v) is 3.27. The number of carbonyl (C=O) groups is 1. The molecular weight excluding hydrogens is 445 g/mol. The Morgan fingerprint density at radius 3 is 1.84 bits per heavy atom. The second kappa shape index (κ2) is 16.7. The fraction of sp³-hybridized carbons (Fsp3) is 0.160. The molecule has 0 saturated heterocycles. The molecule has 3 aromatic carbocycles. The Morgan fingerprint density at radius 1 is 0.871 bits per heavy atom. The minimum atomic E-state index is -0.582. The first-order chi connectivity index (χ1) is 14.0. The third-order valence-corrected chi connectivity index (χ3v) is 5.46. The molecule has 0 heterocycles. The summed E-state index contributed by atoms with van der Waals surface area (Å²) in [6, 6.07) is 29.6. The molecule has 1 amide bonds. The monoisotopic (exact) mass is 471 g/mol. The molecule has 0 N–H and O–H groups in total. The Labute approximate surface area is 210 Å². The maximum absolute atomic E-state index is 11.6. The topological polar surface area (TPSA) is 40.4 Å². The Morgan fingerprint density at radius 2 is 1.35 bits per heavy atom. The van der Waals surface area contributed by atoms with Gasteiger partial charge in [-0.2, -0.15) is 0 Å². The second-order valence-corrected chi connectivity index (χ2v) is 9.25. The largest absolute Gasteiger partial charge is 1.00 e. The van der Waals surface area contributed by atoms with Crippen LogP contribution in [0.2, 0.25) is 13.1 Å². The molecule has 0 aromatic heterocycles. The van der Waals surface area contributed by atoms with Gasteiger partial charge in [0.1, 0.15) is 6.10 Å². The summed E-state index contributed by atoms with van der Waals surface area (Å²) in [5.41, 5.74) is 1.66. The summed E-state index contributed by atoms with van der Waals surface area (Å²) < 4.78 is 5.18. The predicted octanol–water partition coefficient (Wildman–Crippen LogP) is 3.58. The molecule has 6 heteroatoms. The number of amides is 1. The van der Waals surface area contributed by atoms with Gasteiger partial charge in [0.25, 0.3) is 0 Å². The van der Waals surface area contributed by atoms with E-state index in [4.69, 9.17) is 4.74 Å². The van der Waals surface area contributed by atoms with E-state index in [9.17, 15) is 4.79 Å². The average molecular weight is 472 g/mol. The molecule has 3 rings (SSSR count). The normalized spacial score (nSPS) is 10.7. The molecule has 3 aromatic rings. The second-order valence-electron chi connectivity index (χ2n) is 6.67. The Hall–Kier alpha value is -2.00. The van der Waals surface area contributed by atoms with Crippen LogP contribution < -0.4 is 24.0 Å². The zero-order valence-corrected chi connectivity index (χ0v) is 20.4. The van der Waals surface area contributed by atoms with Gasteiger partial charge in [0.05, 0.1) is 8.80 Å². The van der Waals surface area contributed by atoms with Crippen molar-refractivity contribution in [3.63, 3.8) is 0 Å². The van der Waals surface area contributed by atoms with Gasteiger partial charge in [-0.1, -0.05) is 115 Å².